The number of aromatic carboxylic acids is 1. The number of hydrogen-bond acceptors (Lipinski definition) is 11. The predicted molar refractivity (Wildman–Crippen MR) is 168 cm³/mol. The molecule has 3 aromatic heterocycles. The molecule has 0 saturated carbocycles. The smallest absolute Gasteiger partial charge is 0.421 e. The summed E-state index contributed by atoms with van der Waals surface area (Å²) in [5.41, 5.74) is -0.377. The number of carboxylic acid groups (broad SMARTS) is 1. The Kier molecular flexibility index (Phi) is 10.0. The van der Waals surface area contributed by atoms with Gasteiger partial charge in [0.2, 0.25) is 5.95 Å². The quantitative estimate of drug-likeness (QED) is 0.178. The molecule has 254 valence electrons. The van der Waals surface area contributed by atoms with Crippen molar-refractivity contribution in [1.82, 2.24) is 24.8 Å². The molecule has 18 heteroatoms. The molecule has 4 aliphatic rings. The number of nitrogens with one attached hydrogen (secondary N) is 3. The zero-order valence-corrected chi connectivity index (χ0v) is 26.8. The van der Waals surface area contributed by atoms with Crippen LogP contribution < -0.4 is 20.7 Å². The molecule has 0 aliphatic carbocycles. The summed E-state index contributed by atoms with van der Waals surface area (Å²) in [6.45, 7) is 1.90. The number of carboxylic acids is 1. The number of carbonyl (C=O) groups is 2. The lowest BCUT2D eigenvalue weighted by Gasteiger charge is -2.19. The van der Waals surface area contributed by atoms with E-state index in [9.17, 15) is 32.4 Å². The molecule has 0 saturated heterocycles. The van der Waals surface area contributed by atoms with Gasteiger partial charge in [-0.25, -0.2) is 14.8 Å². The van der Waals surface area contributed by atoms with Crippen LogP contribution in [0.5, 0.6) is 5.75 Å². The minimum Gasteiger partial charge on any atom is -0.495 e. The molecule has 0 unspecified atom stereocenters. The fourth-order valence-corrected chi connectivity index (χ4v) is 6.65. The van der Waals surface area contributed by atoms with Crippen LogP contribution in [0.2, 0.25) is 0 Å². The molecular formula is C30H31F3N7O7P. The number of ether oxygens (including phenoxy) is 1. The van der Waals surface area contributed by atoms with Crippen molar-refractivity contribution in [3.63, 3.8) is 0 Å². The van der Waals surface area contributed by atoms with E-state index in [1.165, 1.54) is 43.1 Å². The van der Waals surface area contributed by atoms with E-state index >= 15 is 0 Å². The van der Waals surface area contributed by atoms with Crippen molar-refractivity contribution < 1.29 is 46.2 Å². The van der Waals surface area contributed by atoms with Crippen molar-refractivity contribution in [3.8, 4) is 17.0 Å². The van der Waals surface area contributed by atoms with Crippen LogP contribution in [0.4, 0.5) is 36.3 Å². The Morgan fingerprint density at radius 2 is 1.92 bits per heavy atom. The van der Waals surface area contributed by atoms with Gasteiger partial charge in [-0.3, -0.25) is 9.36 Å². The molecule has 7 heterocycles. The van der Waals surface area contributed by atoms with Crippen LogP contribution in [0.3, 0.4) is 0 Å². The number of amides is 1. The van der Waals surface area contributed by atoms with Crippen molar-refractivity contribution in [3.05, 3.63) is 71.3 Å². The van der Waals surface area contributed by atoms with E-state index in [0.717, 1.165) is 0 Å². The number of alkyl halides is 3. The summed E-state index contributed by atoms with van der Waals surface area (Å²) in [7, 11) is -0.972. The summed E-state index contributed by atoms with van der Waals surface area (Å²) in [6, 6.07) is 8.84. The molecule has 1 amide bonds. The average Bonchev–Trinajstić information content (AvgIpc) is 3.47. The summed E-state index contributed by atoms with van der Waals surface area (Å²) < 4.78 is 74.1. The van der Waals surface area contributed by atoms with Crippen LogP contribution >= 0.6 is 7.60 Å². The Morgan fingerprint density at radius 3 is 2.60 bits per heavy atom. The third kappa shape index (κ3) is 7.59. The average molecular weight is 690 g/mol. The van der Waals surface area contributed by atoms with Crippen molar-refractivity contribution in [2.75, 3.05) is 38.0 Å². The standard InChI is InChI=1S/C30H31F3N7O7P/c1-4-46-48(44)16-17-6-7-21(24(12-17)45-3)38-29-35-14-19(30(31,32)33)26(39-29)37-22-9-8-20(36-25(22)27(41)34-2)18-13-23(28(42)43)40(15-18)10-5-11-47-48/h6-9,12-15H,4-5,10-11,16H2,1-3H3,(H,34,41)(H,42,43)(H2,35,37,38,39)/t48-/m0/s1. The fraction of sp³-hybridized carbons (Fsp3) is 0.300. The number of hydrogen-bond donors (Lipinski definition) is 4. The highest BCUT2D eigenvalue weighted by Gasteiger charge is 2.36. The number of carbonyl (C=O) groups excluding carboxylic acids is 1. The molecule has 14 nitrogen and oxygen atoms in total. The Balaban J connectivity index is 1.66. The SMILES string of the molecule is CCO[P@@]1(=O)Cc2ccc(c(OC)c2)Nc2ncc(C(F)(F)F)c(n2)Nc2ccc(nc2C(=O)NC)-c2cc(C(=O)O)n(c2)CCCO1. The highest BCUT2D eigenvalue weighted by atomic mass is 31.2. The van der Waals surface area contributed by atoms with Gasteiger partial charge < -0.3 is 39.4 Å². The fourth-order valence-electron chi connectivity index (χ4n) is 4.94. The van der Waals surface area contributed by atoms with Gasteiger partial charge in [-0.2, -0.15) is 18.2 Å². The number of methoxy groups -OCH3 is 1. The lowest BCUT2D eigenvalue weighted by atomic mass is 10.1. The number of halogens is 3. The second kappa shape index (κ2) is 14.0. The van der Waals surface area contributed by atoms with E-state index in [2.05, 4.69) is 30.9 Å². The lowest BCUT2D eigenvalue weighted by Crippen LogP contribution is -2.21. The van der Waals surface area contributed by atoms with Gasteiger partial charge in [0.1, 0.15) is 22.8 Å². The molecule has 1 atom stereocenters. The zero-order chi connectivity index (χ0) is 34.6. The van der Waals surface area contributed by atoms with Crippen molar-refractivity contribution in [1.29, 1.82) is 0 Å². The van der Waals surface area contributed by atoms with Crippen LogP contribution in [0.25, 0.3) is 11.3 Å². The zero-order valence-electron chi connectivity index (χ0n) is 25.9. The van der Waals surface area contributed by atoms with Gasteiger partial charge >= 0.3 is 19.7 Å². The summed E-state index contributed by atoms with van der Waals surface area (Å²) in [6.07, 6.45) is -2.64. The van der Waals surface area contributed by atoms with Gasteiger partial charge in [0, 0.05) is 31.5 Å². The number of anilines is 4. The van der Waals surface area contributed by atoms with Crippen LogP contribution in [0, 0.1) is 0 Å². The Hall–Kier alpha value is -4.99. The van der Waals surface area contributed by atoms with Crippen molar-refractivity contribution in [2.45, 2.75) is 32.2 Å². The number of aromatic nitrogens is 4. The van der Waals surface area contributed by atoms with E-state index in [-0.39, 0.29) is 72.5 Å². The molecule has 4 N–H and O–H groups in total. The van der Waals surface area contributed by atoms with E-state index in [4.69, 9.17) is 13.8 Å². The van der Waals surface area contributed by atoms with E-state index in [0.29, 0.717) is 17.3 Å². The molecular weight excluding hydrogens is 658 g/mol. The molecule has 1 aromatic carbocycles. The summed E-state index contributed by atoms with van der Waals surface area (Å²) in [5.74, 6) is -2.64. The summed E-state index contributed by atoms with van der Waals surface area (Å²) in [5, 5.41) is 17.7. The maximum absolute atomic E-state index is 14.1. The first-order chi connectivity index (χ1) is 22.8. The minimum absolute atomic E-state index is 0.0202. The van der Waals surface area contributed by atoms with Crippen LogP contribution in [0.1, 0.15) is 45.4 Å². The molecule has 4 aliphatic heterocycles. The predicted octanol–water partition coefficient (Wildman–Crippen LogP) is 6.06. The van der Waals surface area contributed by atoms with Crippen LogP contribution in [-0.2, 0) is 32.5 Å². The number of benzene rings is 1. The first-order valence-electron chi connectivity index (χ1n) is 14.5. The van der Waals surface area contributed by atoms with Gasteiger partial charge in [-0.1, -0.05) is 6.07 Å². The molecule has 4 aromatic rings. The number of nitrogens with zero attached hydrogens (tertiary/aromatic N) is 4. The Bertz CT molecular complexity index is 1900. The first-order valence-corrected chi connectivity index (χ1v) is 16.3. The van der Waals surface area contributed by atoms with E-state index in [1.807, 2.05) is 0 Å². The molecule has 0 fully saturated rings. The third-order valence-corrected chi connectivity index (χ3v) is 9.12. The second-order valence-corrected chi connectivity index (χ2v) is 12.5. The van der Waals surface area contributed by atoms with Gasteiger partial charge in [0.25, 0.3) is 5.91 Å². The minimum atomic E-state index is -4.88. The second-order valence-electron chi connectivity index (χ2n) is 10.4. The molecule has 0 radical (unpaired) electrons. The number of pyridine rings is 1. The molecule has 0 spiro atoms. The summed E-state index contributed by atoms with van der Waals surface area (Å²) >= 11 is 0. The highest BCUT2D eigenvalue weighted by Crippen LogP contribution is 2.52. The first kappa shape index (κ1) is 34.3. The Morgan fingerprint density at radius 1 is 1.15 bits per heavy atom. The van der Waals surface area contributed by atoms with Crippen molar-refractivity contribution in [2.24, 2.45) is 0 Å². The summed E-state index contributed by atoms with van der Waals surface area (Å²) in [4.78, 5) is 37.3. The van der Waals surface area contributed by atoms with Gasteiger partial charge in [0.05, 0.1) is 43.6 Å². The third-order valence-electron chi connectivity index (χ3n) is 7.14. The van der Waals surface area contributed by atoms with Gasteiger partial charge in [-0.05, 0) is 49.2 Å². The molecule has 8 rings (SSSR count). The maximum atomic E-state index is 14.1. The maximum Gasteiger partial charge on any atom is 0.421 e. The van der Waals surface area contributed by atoms with Crippen LogP contribution in [-0.4, -0.2) is 63.9 Å². The lowest BCUT2D eigenvalue weighted by molar-refractivity contribution is -0.137. The largest absolute Gasteiger partial charge is 0.495 e. The topological polar surface area (TPSA) is 179 Å². The van der Waals surface area contributed by atoms with Gasteiger partial charge in [-0.15, -0.1) is 0 Å². The number of rotatable bonds is 5. The van der Waals surface area contributed by atoms with Crippen LogP contribution in [0.15, 0.2) is 48.8 Å². The van der Waals surface area contributed by atoms with Crippen molar-refractivity contribution >= 4 is 42.6 Å². The van der Waals surface area contributed by atoms with E-state index < -0.39 is 37.0 Å². The number of aryl methyl sites for hydroxylation is 1. The molecule has 48 heavy (non-hydrogen) atoms. The Labute approximate surface area is 272 Å². The van der Waals surface area contributed by atoms with E-state index in [1.54, 1.807) is 25.1 Å². The van der Waals surface area contributed by atoms with Gasteiger partial charge in [0.15, 0.2) is 5.69 Å². The monoisotopic (exact) mass is 689 g/mol. The normalized spacial score (nSPS) is 16.6. The highest BCUT2D eigenvalue weighted by molar-refractivity contribution is 7.53. The molecule has 8 bridgehead atoms.